The average Bonchev–Trinajstić information content (AvgIpc) is 3.25. The lowest BCUT2D eigenvalue weighted by Crippen LogP contribution is -2.46. The molecule has 0 atom stereocenters. The second-order valence-electron chi connectivity index (χ2n) is 6.69. The van der Waals surface area contributed by atoms with E-state index in [1.807, 2.05) is 6.92 Å². The van der Waals surface area contributed by atoms with E-state index in [-0.39, 0.29) is 5.82 Å². The predicted octanol–water partition coefficient (Wildman–Crippen LogP) is 0.730. The van der Waals surface area contributed by atoms with Gasteiger partial charge < -0.3 is 19.9 Å². The van der Waals surface area contributed by atoms with E-state index in [2.05, 4.69) is 42.1 Å². The number of fused-ring (bicyclic) bond motifs is 1. The van der Waals surface area contributed by atoms with Crippen molar-refractivity contribution in [1.29, 1.82) is 0 Å². The Morgan fingerprint density at radius 1 is 1.14 bits per heavy atom. The van der Waals surface area contributed by atoms with Crippen molar-refractivity contribution >= 4 is 23.1 Å². The van der Waals surface area contributed by atoms with E-state index in [9.17, 15) is 10.1 Å². The Morgan fingerprint density at radius 3 is 2.57 bits per heavy atom. The van der Waals surface area contributed by atoms with Gasteiger partial charge in [-0.15, -0.1) is 15.3 Å². The Hall–Kier alpha value is -3.41. The maximum absolute atomic E-state index is 11.1. The lowest BCUT2D eigenvalue weighted by molar-refractivity contribution is -0.391. The maximum atomic E-state index is 11.1. The van der Waals surface area contributed by atoms with Crippen LogP contribution in [-0.4, -0.2) is 83.1 Å². The van der Waals surface area contributed by atoms with Crippen molar-refractivity contribution < 1.29 is 4.92 Å². The lowest BCUT2D eigenvalue weighted by Gasteiger charge is -2.33. The first kappa shape index (κ1) is 18.0. The van der Waals surface area contributed by atoms with Crippen LogP contribution in [0.25, 0.3) is 17.3 Å². The highest BCUT2D eigenvalue weighted by Crippen LogP contribution is 2.22. The molecule has 0 saturated carbocycles. The Labute approximate surface area is 160 Å². The number of imidazole rings is 1. The third kappa shape index (κ3) is 3.17. The topological polar surface area (TPSA) is 123 Å². The predicted molar refractivity (Wildman–Crippen MR) is 101 cm³/mol. The number of amidine groups is 1. The standard InChI is InChI=1S/C16H20N10O2/c1-11(24-8-6-22(2)7-9-24)18-12-4-5-13-19-20-16(25(13)21-12)15-17-10-14(23(15)3)26(27)28/h4-5,10H,6-9H2,1-3H3. The Bertz CT molecular complexity index is 1060. The molecule has 4 rings (SSSR count). The van der Waals surface area contributed by atoms with Crippen LogP contribution in [0, 0.1) is 10.1 Å². The zero-order valence-corrected chi connectivity index (χ0v) is 15.8. The lowest BCUT2D eigenvalue weighted by atomic mass is 10.3. The van der Waals surface area contributed by atoms with Crippen molar-refractivity contribution in [2.24, 2.45) is 12.0 Å². The third-order valence-corrected chi connectivity index (χ3v) is 4.84. The molecule has 4 heterocycles. The Morgan fingerprint density at radius 2 is 1.89 bits per heavy atom. The maximum Gasteiger partial charge on any atom is 0.343 e. The van der Waals surface area contributed by atoms with Gasteiger partial charge in [-0.1, -0.05) is 0 Å². The second kappa shape index (κ2) is 6.96. The van der Waals surface area contributed by atoms with Crippen molar-refractivity contribution in [3.05, 3.63) is 28.4 Å². The summed E-state index contributed by atoms with van der Waals surface area (Å²) >= 11 is 0. The van der Waals surface area contributed by atoms with Crippen LogP contribution in [0.5, 0.6) is 0 Å². The highest BCUT2D eigenvalue weighted by atomic mass is 16.6. The average molecular weight is 384 g/mol. The normalized spacial score (nSPS) is 16.1. The number of aliphatic imine (C=N–C) groups is 1. The molecule has 0 N–H and O–H groups in total. The smallest absolute Gasteiger partial charge is 0.343 e. The van der Waals surface area contributed by atoms with E-state index in [1.165, 1.54) is 15.3 Å². The number of hydrogen-bond donors (Lipinski definition) is 0. The largest absolute Gasteiger partial charge is 0.358 e. The van der Waals surface area contributed by atoms with Crippen LogP contribution >= 0.6 is 0 Å². The molecule has 0 aromatic carbocycles. The van der Waals surface area contributed by atoms with Crippen molar-refractivity contribution in [3.8, 4) is 11.6 Å². The molecule has 146 valence electrons. The summed E-state index contributed by atoms with van der Waals surface area (Å²) < 4.78 is 2.85. The number of nitro groups is 1. The van der Waals surface area contributed by atoms with E-state index in [1.54, 1.807) is 19.2 Å². The molecule has 0 unspecified atom stereocenters. The minimum atomic E-state index is -0.498. The van der Waals surface area contributed by atoms with Gasteiger partial charge in [0.2, 0.25) is 5.82 Å². The molecule has 1 saturated heterocycles. The monoisotopic (exact) mass is 384 g/mol. The van der Waals surface area contributed by atoms with Crippen molar-refractivity contribution in [2.75, 3.05) is 33.2 Å². The summed E-state index contributed by atoms with van der Waals surface area (Å²) in [6.07, 6.45) is 1.19. The molecule has 0 amide bonds. The molecule has 3 aromatic rings. The molecule has 1 aliphatic rings. The summed E-state index contributed by atoms with van der Waals surface area (Å²) in [6, 6.07) is 3.53. The van der Waals surface area contributed by atoms with Gasteiger partial charge in [-0.2, -0.15) is 4.52 Å². The fraction of sp³-hybridized carbons (Fsp3) is 0.438. The minimum absolute atomic E-state index is 0.133. The molecular formula is C16H20N10O2. The summed E-state index contributed by atoms with van der Waals surface area (Å²) in [5.74, 6) is 1.89. The Kier molecular flexibility index (Phi) is 4.47. The molecule has 0 bridgehead atoms. The number of nitrogens with zero attached hydrogens (tertiary/aromatic N) is 10. The number of rotatable bonds is 3. The van der Waals surface area contributed by atoms with Crippen LogP contribution in [0.4, 0.5) is 11.6 Å². The molecule has 1 fully saturated rings. The Balaban J connectivity index is 1.69. The summed E-state index contributed by atoms with van der Waals surface area (Å²) in [7, 11) is 3.66. The van der Waals surface area contributed by atoms with Gasteiger partial charge in [0.15, 0.2) is 11.5 Å². The zero-order chi connectivity index (χ0) is 19.8. The number of aromatic nitrogens is 6. The molecule has 0 aliphatic carbocycles. The number of piperazine rings is 1. The van der Waals surface area contributed by atoms with Gasteiger partial charge in [0.05, 0.1) is 7.05 Å². The molecule has 3 aromatic heterocycles. The summed E-state index contributed by atoms with van der Waals surface area (Å²) in [4.78, 5) is 23.8. The van der Waals surface area contributed by atoms with Gasteiger partial charge in [0.1, 0.15) is 12.0 Å². The molecule has 0 spiro atoms. The van der Waals surface area contributed by atoms with Crippen LogP contribution in [0.15, 0.2) is 23.3 Å². The van der Waals surface area contributed by atoms with E-state index in [0.29, 0.717) is 23.1 Å². The molecule has 1 aliphatic heterocycles. The molecule has 28 heavy (non-hydrogen) atoms. The molecule has 12 heteroatoms. The van der Waals surface area contributed by atoms with Gasteiger partial charge in [-0.05, 0) is 31.0 Å². The van der Waals surface area contributed by atoms with Gasteiger partial charge in [0, 0.05) is 26.2 Å². The van der Waals surface area contributed by atoms with Crippen LogP contribution in [0.3, 0.4) is 0 Å². The molecule has 12 nitrogen and oxygen atoms in total. The van der Waals surface area contributed by atoms with Crippen LogP contribution in [0.1, 0.15) is 6.92 Å². The van der Waals surface area contributed by atoms with Crippen molar-refractivity contribution in [2.45, 2.75) is 6.92 Å². The first-order valence-electron chi connectivity index (χ1n) is 8.82. The van der Waals surface area contributed by atoms with E-state index >= 15 is 0 Å². The molecular weight excluding hydrogens is 364 g/mol. The number of hydrogen-bond acceptors (Lipinski definition) is 8. The van der Waals surface area contributed by atoms with Crippen molar-refractivity contribution in [3.63, 3.8) is 0 Å². The van der Waals surface area contributed by atoms with Crippen LogP contribution < -0.4 is 0 Å². The fourth-order valence-electron chi connectivity index (χ4n) is 3.12. The first-order chi connectivity index (χ1) is 13.4. The highest BCUT2D eigenvalue weighted by molar-refractivity contribution is 5.82. The van der Waals surface area contributed by atoms with E-state index in [0.717, 1.165) is 32.0 Å². The van der Waals surface area contributed by atoms with Gasteiger partial charge in [-0.3, -0.25) is 0 Å². The summed E-state index contributed by atoms with van der Waals surface area (Å²) in [5, 5.41) is 23.7. The zero-order valence-electron chi connectivity index (χ0n) is 15.8. The second-order valence-corrected chi connectivity index (χ2v) is 6.69. The quantitative estimate of drug-likeness (QED) is 0.280. The highest BCUT2D eigenvalue weighted by Gasteiger charge is 2.23. The van der Waals surface area contributed by atoms with Crippen LogP contribution in [0.2, 0.25) is 0 Å². The molecule has 0 radical (unpaired) electrons. The summed E-state index contributed by atoms with van der Waals surface area (Å²) in [6.45, 7) is 5.79. The van der Waals surface area contributed by atoms with Gasteiger partial charge in [0.25, 0.3) is 5.82 Å². The van der Waals surface area contributed by atoms with Gasteiger partial charge in [-0.25, -0.2) is 14.5 Å². The first-order valence-corrected chi connectivity index (χ1v) is 8.82. The third-order valence-electron chi connectivity index (χ3n) is 4.84. The van der Waals surface area contributed by atoms with Crippen LogP contribution in [-0.2, 0) is 7.05 Å². The van der Waals surface area contributed by atoms with E-state index in [4.69, 9.17) is 0 Å². The number of likely N-dealkylation sites (N-methyl/N-ethyl adjacent to an activating group) is 1. The fourth-order valence-corrected chi connectivity index (χ4v) is 3.12. The van der Waals surface area contributed by atoms with Gasteiger partial charge >= 0.3 is 5.82 Å². The summed E-state index contributed by atoms with van der Waals surface area (Å²) in [5.41, 5.74) is 0.511. The SMILES string of the molecule is CC(=Nc1ccc2nnc(-c3ncc([N+](=O)[O-])n3C)n2n1)N1CCN(C)CC1. The minimum Gasteiger partial charge on any atom is -0.358 e. The van der Waals surface area contributed by atoms with E-state index < -0.39 is 4.92 Å². The van der Waals surface area contributed by atoms with Crippen molar-refractivity contribution in [1.82, 2.24) is 39.2 Å².